The predicted molar refractivity (Wildman–Crippen MR) is 92.5 cm³/mol. The first-order valence-electron chi connectivity index (χ1n) is 7.39. The monoisotopic (exact) mass is 316 g/mol. The maximum absolute atomic E-state index is 11.7. The average Bonchev–Trinajstić information content (AvgIpc) is 2.53. The van der Waals surface area contributed by atoms with Crippen molar-refractivity contribution in [2.45, 2.75) is 63.5 Å². The highest BCUT2D eigenvalue weighted by atomic mass is 31.2. The van der Waals surface area contributed by atoms with E-state index in [-0.39, 0.29) is 23.2 Å². The van der Waals surface area contributed by atoms with E-state index in [2.05, 4.69) is 41.7 Å². The Hall–Kier alpha value is 0.172. The summed E-state index contributed by atoms with van der Waals surface area (Å²) in [5, 5.41) is 0.211. The molecule has 1 aliphatic heterocycles. The van der Waals surface area contributed by atoms with Crippen LogP contribution in [0.15, 0.2) is 11.9 Å². The average molecular weight is 316 g/mol. The summed E-state index contributed by atoms with van der Waals surface area (Å²) in [6.45, 7) is 14.8. The minimum Gasteiger partial charge on any atom is -0.412 e. The Balaban J connectivity index is 2.67. The van der Waals surface area contributed by atoms with Gasteiger partial charge in [-0.25, -0.2) is 0 Å². The first-order valence-corrected chi connectivity index (χ1v) is 13.0. The summed E-state index contributed by atoms with van der Waals surface area (Å²) in [6.07, 6.45) is 3.00. The summed E-state index contributed by atoms with van der Waals surface area (Å²) in [6, 6.07) is 0.104. The van der Waals surface area contributed by atoms with Gasteiger partial charge in [-0.1, -0.05) is 26.8 Å². The quantitative estimate of drug-likeness (QED) is 0.590. The highest BCUT2D eigenvalue weighted by Crippen LogP contribution is 2.41. The van der Waals surface area contributed by atoms with E-state index in [4.69, 9.17) is 9.16 Å². The SMILES string of the molecule is B[C@@H]1O[C@H](/C=C/P(C)(C)=O)C[C@@H]1O[Si](C)(C)C(C)(C)C. The van der Waals surface area contributed by atoms with Crippen molar-refractivity contribution >= 4 is 23.3 Å². The second-order valence-electron chi connectivity index (χ2n) is 7.81. The highest BCUT2D eigenvalue weighted by Gasteiger charge is 2.42. The molecule has 0 amide bonds. The van der Waals surface area contributed by atoms with E-state index in [9.17, 15) is 4.57 Å². The van der Waals surface area contributed by atoms with Gasteiger partial charge in [-0.2, -0.15) is 0 Å². The first-order chi connectivity index (χ1) is 8.82. The summed E-state index contributed by atoms with van der Waals surface area (Å²) in [7, 11) is -1.81. The van der Waals surface area contributed by atoms with Gasteiger partial charge in [-0.05, 0) is 37.3 Å². The number of rotatable bonds is 4. The third kappa shape index (κ3) is 5.18. The van der Waals surface area contributed by atoms with Crippen molar-refractivity contribution in [1.29, 1.82) is 0 Å². The van der Waals surface area contributed by atoms with E-state index >= 15 is 0 Å². The Labute approximate surface area is 126 Å². The van der Waals surface area contributed by atoms with Crippen molar-refractivity contribution in [2.75, 3.05) is 13.3 Å². The van der Waals surface area contributed by atoms with Gasteiger partial charge in [0.25, 0.3) is 0 Å². The standard InChI is InChI=1S/C14H30BO3PSi/c1-14(2,3)20(6,7)18-12-10-11(17-13(12)15)8-9-19(4,5)16/h8-9,11-13H,10,15H2,1-7H3/b9-8+/t11-,12+,13-/m1/s1. The van der Waals surface area contributed by atoms with Gasteiger partial charge in [-0.15, -0.1) is 0 Å². The lowest BCUT2D eigenvalue weighted by molar-refractivity contribution is 0.0812. The molecule has 0 bridgehead atoms. The molecule has 0 spiro atoms. The molecule has 6 heteroatoms. The first kappa shape index (κ1) is 18.2. The lowest BCUT2D eigenvalue weighted by Crippen LogP contribution is -2.46. The second-order valence-corrected chi connectivity index (χ2v) is 15.7. The van der Waals surface area contributed by atoms with Crippen LogP contribution >= 0.6 is 7.14 Å². The molecule has 0 N–H and O–H groups in total. The summed E-state index contributed by atoms with van der Waals surface area (Å²) in [4.78, 5) is 0. The second kappa shape index (κ2) is 6.12. The van der Waals surface area contributed by atoms with Crippen LogP contribution < -0.4 is 0 Å². The highest BCUT2D eigenvalue weighted by molar-refractivity contribution is 7.65. The van der Waals surface area contributed by atoms with Crippen LogP contribution in [-0.4, -0.2) is 47.7 Å². The Morgan fingerprint density at radius 2 is 1.90 bits per heavy atom. The van der Waals surface area contributed by atoms with E-state index in [1.165, 1.54) is 0 Å². The minimum absolute atomic E-state index is 0.0352. The van der Waals surface area contributed by atoms with E-state index in [0.717, 1.165) is 6.42 Å². The Morgan fingerprint density at radius 1 is 1.35 bits per heavy atom. The smallest absolute Gasteiger partial charge is 0.192 e. The molecule has 0 unspecified atom stereocenters. The van der Waals surface area contributed by atoms with Gasteiger partial charge in [0, 0.05) is 12.4 Å². The molecule has 3 nitrogen and oxygen atoms in total. The van der Waals surface area contributed by atoms with Gasteiger partial charge >= 0.3 is 0 Å². The third-order valence-corrected chi connectivity index (χ3v) is 9.68. The van der Waals surface area contributed by atoms with E-state index in [1.807, 2.05) is 6.08 Å². The van der Waals surface area contributed by atoms with Crippen LogP contribution in [-0.2, 0) is 13.7 Å². The van der Waals surface area contributed by atoms with Gasteiger partial charge < -0.3 is 13.7 Å². The fourth-order valence-electron chi connectivity index (χ4n) is 1.97. The van der Waals surface area contributed by atoms with Crippen LogP contribution in [0.5, 0.6) is 0 Å². The normalized spacial score (nSPS) is 29.2. The molecule has 1 fully saturated rings. The predicted octanol–water partition coefficient (Wildman–Crippen LogP) is 3.26. The Bertz CT molecular complexity index is 411. The van der Waals surface area contributed by atoms with Crippen LogP contribution in [0, 0.1) is 0 Å². The molecule has 1 saturated heterocycles. The zero-order valence-corrected chi connectivity index (χ0v) is 16.2. The number of hydrogen-bond acceptors (Lipinski definition) is 3. The molecule has 0 aromatic rings. The third-order valence-electron chi connectivity index (χ3n) is 4.29. The molecule has 3 atom stereocenters. The van der Waals surface area contributed by atoms with Crippen LogP contribution in [0.25, 0.3) is 0 Å². The molecule has 1 aliphatic rings. The molecular weight excluding hydrogens is 286 g/mol. The molecule has 1 heterocycles. The maximum Gasteiger partial charge on any atom is 0.192 e. The molecule has 0 radical (unpaired) electrons. The zero-order chi connectivity index (χ0) is 15.8. The van der Waals surface area contributed by atoms with Gasteiger partial charge in [-0.3, -0.25) is 0 Å². The molecule has 0 aromatic heterocycles. The number of ether oxygens (including phenoxy) is 1. The van der Waals surface area contributed by atoms with E-state index in [0.29, 0.717) is 0 Å². The van der Waals surface area contributed by atoms with Crippen LogP contribution in [0.4, 0.5) is 0 Å². The molecule has 0 aromatic carbocycles. The number of hydrogen-bond donors (Lipinski definition) is 0. The van der Waals surface area contributed by atoms with Crippen molar-refractivity contribution in [3.63, 3.8) is 0 Å². The summed E-state index contributed by atoms with van der Waals surface area (Å²) in [5.74, 6) is 1.80. The lowest BCUT2D eigenvalue weighted by Gasteiger charge is -2.39. The van der Waals surface area contributed by atoms with E-state index in [1.54, 1.807) is 19.1 Å². The van der Waals surface area contributed by atoms with E-state index < -0.39 is 15.5 Å². The van der Waals surface area contributed by atoms with Crippen molar-refractivity contribution in [2.24, 2.45) is 0 Å². The van der Waals surface area contributed by atoms with Gasteiger partial charge in [0.2, 0.25) is 0 Å². The van der Waals surface area contributed by atoms with Crippen molar-refractivity contribution in [3.8, 4) is 0 Å². The molecular formula is C14H30BO3PSi. The summed E-state index contributed by atoms with van der Waals surface area (Å²) in [5.41, 5.74) is 0. The van der Waals surface area contributed by atoms with Crippen LogP contribution in [0.3, 0.4) is 0 Å². The fourth-order valence-corrected chi connectivity index (χ4v) is 3.97. The summed E-state index contributed by atoms with van der Waals surface area (Å²) >= 11 is 0. The molecule has 116 valence electrons. The van der Waals surface area contributed by atoms with Crippen LogP contribution in [0.1, 0.15) is 27.2 Å². The largest absolute Gasteiger partial charge is 0.412 e. The van der Waals surface area contributed by atoms with Crippen molar-refractivity contribution in [1.82, 2.24) is 0 Å². The van der Waals surface area contributed by atoms with Gasteiger partial charge in [0.1, 0.15) is 15.0 Å². The summed E-state index contributed by atoms with van der Waals surface area (Å²) < 4.78 is 24.1. The molecule has 0 aliphatic carbocycles. The molecule has 20 heavy (non-hydrogen) atoms. The maximum atomic E-state index is 11.7. The molecule has 1 rings (SSSR count). The fraction of sp³-hybridized carbons (Fsp3) is 0.857. The molecule has 0 saturated carbocycles. The van der Waals surface area contributed by atoms with Gasteiger partial charge in [0.05, 0.1) is 12.2 Å². The Morgan fingerprint density at radius 3 is 2.35 bits per heavy atom. The lowest BCUT2D eigenvalue weighted by atomic mass is 9.94. The van der Waals surface area contributed by atoms with Crippen molar-refractivity contribution < 1.29 is 13.7 Å². The topological polar surface area (TPSA) is 35.5 Å². The van der Waals surface area contributed by atoms with Crippen LogP contribution in [0.2, 0.25) is 18.1 Å². The van der Waals surface area contributed by atoms with Crippen molar-refractivity contribution in [3.05, 3.63) is 11.9 Å². The zero-order valence-electron chi connectivity index (χ0n) is 14.3. The minimum atomic E-state index is -2.12. The van der Waals surface area contributed by atoms with Gasteiger partial charge in [0.15, 0.2) is 8.32 Å². The Kier molecular flexibility index (Phi) is 5.57.